The number of fused-ring (bicyclic) bond motifs is 3. The van der Waals surface area contributed by atoms with E-state index in [1.54, 1.807) is 4.57 Å². The number of carbonyl (C=O) groups is 1. The van der Waals surface area contributed by atoms with E-state index in [1.807, 2.05) is 24.1 Å². The van der Waals surface area contributed by atoms with Crippen LogP contribution in [0.5, 0.6) is 0 Å². The fraction of sp³-hybridized carbons (Fsp3) is 0.727. The summed E-state index contributed by atoms with van der Waals surface area (Å²) in [7, 11) is 0. The van der Waals surface area contributed by atoms with Crippen molar-refractivity contribution < 1.29 is 14.6 Å². The minimum absolute atomic E-state index is 0.0809. The van der Waals surface area contributed by atoms with Crippen LogP contribution in [0.1, 0.15) is 54.1 Å². The third-order valence-corrected chi connectivity index (χ3v) is 7.78. The van der Waals surface area contributed by atoms with Gasteiger partial charge >= 0.3 is 0 Å². The summed E-state index contributed by atoms with van der Waals surface area (Å²) in [6, 6.07) is 1.98. The van der Waals surface area contributed by atoms with Gasteiger partial charge in [-0.15, -0.1) is 0 Å². The number of nitrogens with zero attached hydrogens (tertiary/aromatic N) is 2. The van der Waals surface area contributed by atoms with Gasteiger partial charge in [-0.25, -0.2) is 0 Å². The van der Waals surface area contributed by atoms with Gasteiger partial charge in [0.25, 0.3) is 11.5 Å². The molecule has 6 nitrogen and oxygen atoms in total. The average molecular weight is 386 g/mol. The minimum atomic E-state index is -0.258. The van der Waals surface area contributed by atoms with Crippen molar-refractivity contribution in [2.75, 3.05) is 26.3 Å². The van der Waals surface area contributed by atoms with Crippen molar-refractivity contribution in [3.8, 4) is 0 Å². The quantitative estimate of drug-likeness (QED) is 0.844. The number of aliphatic hydroxyl groups excluding tert-OH is 1. The molecule has 3 heterocycles. The van der Waals surface area contributed by atoms with E-state index < -0.39 is 0 Å². The highest BCUT2D eigenvalue weighted by atomic mass is 16.5. The number of pyridine rings is 1. The Morgan fingerprint density at radius 1 is 1.11 bits per heavy atom. The first-order valence-electron chi connectivity index (χ1n) is 10.8. The number of hydrogen-bond donors (Lipinski definition) is 1. The Balaban J connectivity index is 1.38. The lowest BCUT2D eigenvalue weighted by atomic mass is 9.91. The Morgan fingerprint density at radius 2 is 1.89 bits per heavy atom. The fourth-order valence-corrected chi connectivity index (χ4v) is 6.20. The summed E-state index contributed by atoms with van der Waals surface area (Å²) < 4.78 is 7.39. The molecule has 1 N–H and O–H groups in total. The molecular formula is C22H30N2O4. The monoisotopic (exact) mass is 386 g/mol. The molecule has 6 heteroatoms. The first-order valence-corrected chi connectivity index (χ1v) is 10.8. The predicted molar refractivity (Wildman–Crippen MR) is 104 cm³/mol. The van der Waals surface area contributed by atoms with E-state index in [1.165, 1.54) is 0 Å². The summed E-state index contributed by atoms with van der Waals surface area (Å²) in [6.45, 7) is 5.11. The molecule has 0 bridgehead atoms. The van der Waals surface area contributed by atoms with Crippen LogP contribution in [-0.2, 0) is 4.74 Å². The Morgan fingerprint density at radius 3 is 2.68 bits per heavy atom. The summed E-state index contributed by atoms with van der Waals surface area (Å²) in [5, 5.41) is 9.76. The molecule has 2 saturated carbocycles. The van der Waals surface area contributed by atoms with Crippen LogP contribution in [-0.4, -0.2) is 52.9 Å². The number of hydrogen-bond acceptors (Lipinski definition) is 4. The molecule has 4 fully saturated rings. The van der Waals surface area contributed by atoms with E-state index in [4.69, 9.17) is 4.74 Å². The van der Waals surface area contributed by atoms with Gasteiger partial charge in [-0.05, 0) is 74.3 Å². The number of aromatic nitrogens is 1. The molecule has 152 valence electrons. The highest BCUT2D eigenvalue weighted by Crippen LogP contribution is 2.48. The van der Waals surface area contributed by atoms with Gasteiger partial charge < -0.3 is 19.3 Å². The maximum Gasteiger partial charge on any atom is 0.263 e. The number of likely N-dealkylation sites (tertiary alicyclic amines) is 1. The Labute approximate surface area is 165 Å². The summed E-state index contributed by atoms with van der Waals surface area (Å²) in [5.41, 5.74) is 0.944. The zero-order valence-electron chi connectivity index (χ0n) is 16.5. The van der Waals surface area contributed by atoms with E-state index in [9.17, 15) is 14.7 Å². The van der Waals surface area contributed by atoms with E-state index in [0.29, 0.717) is 42.1 Å². The number of carbonyl (C=O) groups excluding carboxylic acids is 1. The molecule has 1 aromatic heterocycles. The van der Waals surface area contributed by atoms with Gasteiger partial charge in [-0.3, -0.25) is 9.59 Å². The van der Waals surface area contributed by atoms with Gasteiger partial charge in [0.05, 0.1) is 12.7 Å². The van der Waals surface area contributed by atoms with Crippen molar-refractivity contribution in [1.82, 2.24) is 9.47 Å². The second-order valence-electron chi connectivity index (χ2n) is 9.38. The van der Waals surface area contributed by atoms with Gasteiger partial charge in [0.1, 0.15) is 5.56 Å². The van der Waals surface area contributed by atoms with Crippen LogP contribution >= 0.6 is 0 Å². The zero-order chi connectivity index (χ0) is 19.4. The molecule has 4 aliphatic rings. The topological polar surface area (TPSA) is 71.8 Å². The first kappa shape index (κ1) is 18.4. The summed E-state index contributed by atoms with van der Waals surface area (Å²) >= 11 is 0. The summed E-state index contributed by atoms with van der Waals surface area (Å²) in [4.78, 5) is 28.5. The van der Waals surface area contributed by atoms with Crippen LogP contribution in [0.3, 0.4) is 0 Å². The zero-order valence-corrected chi connectivity index (χ0v) is 16.5. The molecule has 2 aliphatic carbocycles. The smallest absolute Gasteiger partial charge is 0.263 e. The maximum absolute atomic E-state index is 13.3. The van der Waals surface area contributed by atoms with Gasteiger partial charge in [0.2, 0.25) is 0 Å². The molecule has 5 rings (SSSR count). The third kappa shape index (κ3) is 2.92. The van der Waals surface area contributed by atoms with Crippen LogP contribution in [0.15, 0.2) is 17.1 Å². The highest BCUT2D eigenvalue weighted by Gasteiger charge is 2.51. The summed E-state index contributed by atoms with van der Waals surface area (Å²) in [5.74, 6) is 2.25. The Bertz CT molecular complexity index is 826. The molecule has 1 amide bonds. The molecule has 0 radical (unpaired) electrons. The lowest BCUT2D eigenvalue weighted by Crippen LogP contribution is -2.39. The molecule has 0 aromatic carbocycles. The van der Waals surface area contributed by atoms with Gasteiger partial charge in [0.15, 0.2) is 0 Å². The first-order chi connectivity index (χ1) is 13.5. The molecular weight excluding hydrogens is 356 g/mol. The minimum Gasteiger partial charge on any atom is -0.393 e. The number of amides is 1. The van der Waals surface area contributed by atoms with Crippen molar-refractivity contribution in [2.45, 2.75) is 51.2 Å². The normalized spacial score (nSPS) is 37.1. The SMILES string of the molecule is Cc1ccn(C2CCC(O)CC2)c(=O)c1C(=O)N1C[C@@H]2C[C@@H]3COC[C@@H]3[C@@H]2C1. The molecule has 4 atom stereocenters. The maximum atomic E-state index is 13.3. The molecule has 0 spiro atoms. The van der Waals surface area contributed by atoms with Crippen molar-refractivity contribution in [2.24, 2.45) is 23.7 Å². The lowest BCUT2D eigenvalue weighted by molar-refractivity contribution is 0.0768. The molecule has 28 heavy (non-hydrogen) atoms. The fourth-order valence-electron chi connectivity index (χ4n) is 6.20. The van der Waals surface area contributed by atoms with Gasteiger partial charge in [-0.1, -0.05) is 0 Å². The second kappa shape index (κ2) is 6.99. The lowest BCUT2D eigenvalue weighted by Gasteiger charge is -2.28. The van der Waals surface area contributed by atoms with Crippen LogP contribution in [0.2, 0.25) is 0 Å². The Kier molecular flexibility index (Phi) is 4.59. The summed E-state index contributed by atoms with van der Waals surface area (Å²) in [6.07, 6.45) is 5.73. The number of aryl methyl sites for hydroxylation is 1. The van der Waals surface area contributed by atoms with E-state index in [0.717, 1.165) is 51.1 Å². The van der Waals surface area contributed by atoms with Crippen LogP contribution in [0.25, 0.3) is 0 Å². The second-order valence-corrected chi connectivity index (χ2v) is 9.38. The van der Waals surface area contributed by atoms with Crippen molar-refractivity contribution >= 4 is 5.91 Å². The van der Waals surface area contributed by atoms with Crippen LogP contribution < -0.4 is 5.56 Å². The van der Waals surface area contributed by atoms with Crippen LogP contribution in [0.4, 0.5) is 0 Å². The van der Waals surface area contributed by atoms with Crippen molar-refractivity contribution in [1.29, 1.82) is 0 Å². The number of ether oxygens (including phenoxy) is 1. The van der Waals surface area contributed by atoms with Gasteiger partial charge in [0, 0.05) is 31.9 Å². The predicted octanol–water partition coefficient (Wildman–Crippen LogP) is 1.99. The number of aliphatic hydroxyl groups is 1. The van der Waals surface area contributed by atoms with E-state index in [2.05, 4.69) is 0 Å². The van der Waals surface area contributed by atoms with Crippen molar-refractivity contribution in [3.05, 3.63) is 33.7 Å². The van der Waals surface area contributed by atoms with E-state index >= 15 is 0 Å². The molecule has 2 aliphatic heterocycles. The Hall–Kier alpha value is -1.66. The largest absolute Gasteiger partial charge is 0.393 e. The molecule has 1 aromatic rings. The van der Waals surface area contributed by atoms with Gasteiger partial charge in [-0.2, -0.15) is 0 Å². The highest BCUT2D eigenvalue weighted by molar-refractivity contribution is 5.95. The average Bonchev–Trinajstić information content (AvgIpc) is 3.35. The van der Waals surface area contributed by atoms with Crippen molar-refractivity contribution in [3.63, 3.8) is 0 Å². The standard InChI is InChI=1S/C22H30N2O4/c1-13-6-7-24(16-2-4-17(25)5-3-16)22(27)20(13)21(26)23-9-14-8-15-11-28-12-19(15)18(14)10-23/h6-7,14-19,25H,2-5,8-12H2,1H3/t14-,15+,16?,17?,18+,19-/m0/s1. The third-order valence-electron chi connectivity index (χ3n) is 7.78. The molecule has 2 saturated heterocycles. The van der Waals surface area contributed by atoms with Crippen LogP contribution in [0, 0.1) is 30.6 Å². The van der Waals surface area contributed by atoms with E-state index in [-0.39, 0.29) is 23.6 Å². The molecule has 0 unspecified atom stereocenters. The number of rotatable bonds is 2.